The van der Waals surface area contributed by atoms with Crippen LogP contribution in [0.2, 0.25) is 5.15 Å². The molecule has 94 valence electrons. The lowest BCUT2D eigenvalue weighted by atomic mass is 10.2. The fourth-order valence-corrected chi connectivity index (χ4v) is 1.70. The Hall–Kier alpha value is -1.94. The zero-order valence-corrected chi connectivity index (χ0v) is 10.7. The highest BCUT2D eigenvalue weighted by molar-refractivity contribution is 6.32. The van der Waals surface area contributed by atoms with Crippen LogP contribution in [-0.4, -0.2) is 12.1 Å². The largest absolute Gasteiger partial charge is 0.497 e. The highest BCUT2D eigenvalue weighted by Crippen LogP contribution is 2.25. The zero-order valence-electron chi connectivity index (χ0n) is 9.98. The molecule has 2 aromatic rings. The molecule has 0 fully saturated rings. The molecule has 1 aromatic heterocycles. The first-order valence-corrected chi connectivity index (χ1v) is 5.85. The Balaban J connectivity index is 2.04. The average Bonchev–Trinajstić information content (AvgIpc) is 2.41. The van der Waals surface area contributed by atoms with Crippen molar-refractivity contribution in [3.05, 3.63) is 47.2 Å². The topological polar surface area (TPSA) is 60.2 Å². The van der Waals surface area contributed by atoms with Crippen LogP contribution in [0.5, 0.6) is 5.75 Å². The molecule has 1 aromatic carbocycles. The molecule has 2 rings (SSSR count). The van der Waals surface area contributed by atoms with Gasteiger partial charge in [-0.05, 0) is 23.8 Å². The third kappa shape index (κ3) is 2.84. The third-order valence-electron chi connectivity index (χ3n) is 2.58. The maximum absolute atomic E-state index is 5.84. The number of rotatable bonds is 4. The first-order chi connectivity index (χ1) is 8.70. The van der Waals surface area contributed by atoms with E-state index in [-0.39, 0.29) is 0 Å². The van der Waals surface area contributed by atoms with Crippen molar-refractivity contribution >= 4 is 23.0 Å². The van der Waals surface area contributed by atoms with E-state index >= 15 is 0 Å². The molecule has 0 saturated carbocycles. The standard InChI is InChI=1S/C13H14ClN3O/c1-18-10-4-2-9(3-5-10)8-17-11-6-7-16-13(14)12(11)15/h2-7H,8,15H2,1H3,(H,16,17). The van der Waals surface area contributed by atoms with E-state index in [2.05, 4.69) is 10.3 Å². The van der Waals surface area contributed by atoms with E-state index in [1.165, 1.54) is 0 Å². The van der Waals surface area contributed by atoms with Crippen molar-refractivity contribution in [2.45, 2.75) is 6.54 Å². The van der Waals surface area contributed by atoms with Gasteiger partial charge in [0.2, 0.25) is 0 Å². The van der Waals surface area contributed by atoms with Gasteiger partial charge in [-0.2, -0.15) is 0 Å². The molecule has 0 aliphatic carbocycles. The quantitative estimate of drug-likeness (QED) is 0.833. The van der Waals surface area contributed by atoms with Crippen LogP contribution in [-0.2, 0) is 6.54 Å². The first-order valence-electron chi connectivity index (χ1n) is 5.47. The van der Waals surface area contributed by atoms with E-state index < -0.39 is 0 Å². The Labute approximate surface area is 111 Å². The van der Waals surface area contributed by atoms with Crippen LogP contribution in [0.3, 0.4) is 0 Å². The number of aromatic nitrogens is 1. The molecule has 0 bridgehead atoms. The van der Waals surface area contributed by atoms with Gasteiger partial charge in [-0.3, -0.25) is 0 Å². The van der Waals surface area contributed by atoms with Gasteiger partial charge in [-0.15, -0.1) is 0 Å². The van der Waals surface area contributed by atoms with E-state index in [0.29, 0.717) is 17.4 Å². The lowest BCUT2D eigenvalue weighted by Crippen LogP contribution is -2.03. The monoisotopic (exact) mass is 263 g/mol. The summed E-state index contributed by atoms with van der Waals surface area (Å²) in [5.41, 5.74) is 8.19. The summed E-state index contributed by atoms with van der Waals surface area (Å²) in [6.07, 6.45) is 1.62. The second-order valence-corrected chi connectivity index (χ2v) is 4.12. The van der Waals surface area contributed by atoms with Crippen molar-refractivity contribution in [2.24, 2.45) is 0 Å². The molecular formula is C13H14ClN3O. The van der Waals surface area contributed by atoms with Crippen LogP contribution in [0.15, 0.2) is 36.5 Å². The third-order valence-corrected chi connectivity index (χ3v) is 2.88. The second-order valence-electron chi connectivity index (χ2n) is 3.76. The molecule has 0 saturated heterocycles. The number of anilines is 2. The maximum Gasteiger partial charge on any atom is 0.153 e. The Kier molecular flexibility index (Phi) is 3.89. The van der Waals surface area contributed by atoms with Crippen LogP contribution < -0.4 is 15.8 Å². The van der Waals surface area contributed by atoms with E-state index in [9.17, 15) is 0 Å². The minimum absolute atomic E-state index is 0.315. The predicted octanol–water partition coefficient (Wildman–Crippen LogP) is 2.94. The van der Waals surface area contributed by atoms with E-state index in [0.717, 1.165) is 17.0 Å². The maximum atomic E-state index is 5.84. The molecule has 4 nitrogen and oxygen atoms in total. The smallest absolute Gasteiger partial charge is 0.153 e. The number of hydrogen-bond donors (Lipinski definition) is 2. The lowest BCUT2D eigenvalue weighted by Gasteiger charge is -2.10. The summed E-state index contributed by atoms with van der Waals surface area (Å²) in [4.78, 5) is 3.90. The summed E-state index contributed by atoms with van der Waals surface area (Å²) in [5.74, 6) is 0.838. The zero-order chi connectivity index (χ0) is 13.0. The van der Waals surface area contributed by atoms with Gasteiger partial charge in [0, 0.05) is 12.7 Å². The van der Waals surface area contributed by atoms with Gasteiger partial charge >= 0.3 is 0 Å². The molecule has 18 heavy (non-hydrogen) atoms. The molecule has 0 aliphatic heterocycles. The van der Waals surface area contributed by atoms with Crippen molar-refractivity contribution in [1.82, 2.24) is 4.98 Å². The summed E-state index contributed by atoms with van der Waals surface area (Å²) in [6, 6.07) is 9.61. The Bertz CT molecular complexity index is 528. The number of nitrogen functional groups attached to an aromatic ring is 1. The summed E-state index contributed by atoms with van der Waals surface area (Å²) in [5, 5.41) is 3.53. The second kappa shape index (κ2) is 5.60. The fraction of sp³-hybridized carbons (Fsp3) is 0.154. The van der Waals surface area contributed by atoms with Crippen molar-refractivity contribution in [2.75, 3.05) is 18.2 Å². The van der Waals surface area contributed by atoms with Crippen molar-refractivity contribution in [3.8, 4) is 5.75 Å². The minimum atomic E-state index is 0.315. The van der Waals surface area contributed by atoms with Gasteiger partial charge in [0.15, 0.2) is 5.15 Å². The molecule has 1 heterocycles. The number of halogens is 1. The van der Waals surface area contributed by atoms with Crippen molar-refractivity contribution < 1.29 is 4.74 Å². The van der Waals surface area contributed by atoms with Gasteiger partial charge in [-0.1, -0.05) is 23.7 Å². The molecule has 5 heteroatoms. The summed E-state index contributed by atoms with van der Waals surface area (Å²) in [6.45, 7) is 0.661. The van der Waals surface area contributed by atoms with Gasteiger partial charge in [0.25, 0.3) is 0 Å². The highest BCUT2D eigenvalue weighted by atomic mass is 35.5. The summed E-state index contributed by atoms with van der Waals surface area (Å²) >= 11 is 5.84. The number of nitrogens with two attached hydrogens (primary N) is 1. The molecule has 0 aliphatic rings. The Morgan fingerprint density at radius 3 is 2.67 bits per heavy atom. The highest BCUT2D eigenvalue weighted by Gasteiger charge is 2.03. The first kappa shape index (κ1) is 12.5. The summed E-state index contributed by atoms with van der Waals surface area (Å²) < 4.78 is 5.10. The minimum Gasteiger partial charge on any atom is -0.497 e. The number of benzene rings is 1. The van der Waals surface area contributed by atoms with E-state index in [1.54, 1.807) is 19.4 Å². The SMILES string of the molecule is COc1ccc(CNc2ccnc(Cl)c2N)cc1. The predicted molar refractivity (Wildman–Crippen MR) is 74.0 cm³/mol. The van der Waals surface area contributed by atoms with Crippen LogP contribution in [0.4, 0.5) is 11.4 Å². The number of nitrogens with zero attached hydrogens (tertiary/aromatic N) is 1. The van der Waals surface area contributed by atoms with E-state index in [1.807, 2.05) is 24.3 Å². The van der Waals surface area contributed by atoms with Crippen molar-refractivity contribution in [1.29, 1.82) is 0 Å². The van der Waals surface area contributed by atoms with Gasteiger partial charge in [0.1, 0.15) is 5.75 Å². The van der Waals surface area contributed by atoms with Crippen LogP contribution in [0.25, 0.3) is 0 Å². The van der Waals surface area contributed by atoms with Gasteiger partial charge < -0.3 is 15.8 Å². The number of pyridine rings is 1. The number of hydrogen-bond acceptors (Lipinski definition) is 4. The molecular weight excluding hydrogens is 250 g/mol. The van der Waals surface area contributed by atoms with Crippen molar-refractivity contribution in [3.63, 3.8) is 0 Å². The Morgan fingerprint density at radius 2 is 2.00 bits per heavy atom. The normalized spacial score (nSPS) is 10.1. The molecule has 0 radical (unpaired) electrons. The van der Waals surface area contributed by atoms with Crippen LogP contribution >= 0.6 is 11.6 Å². The molecule has 3 N–H and O–H groups in total. The molecule has 0 amide bonds. The van der Waals surface area contributed by atoms with Gasteiger partial charge in [-0.25, -0.2) is 4.98 Å². The van der Waals surface area contributed by atoms with E-state index in [4.69, 9.17) is 22.1 Å². The Morgan fingerprint density at radius 1 is 1.28 bits per heavy atom. The molecule has 0 atom stereocenters. The van der Waals surface area contributed by atoms with Crippen LogP contribution in [0.1, 0.15) is 5.56 Å². The number of methoxy groups -OCH3 is 1. The van der Waals surface area contributed by atoms with Gasteiger partial charge in [0.05, 0.1) is 18.5 Å². The molecule has 0 spiro atoms. The summed E-state index contributed by atoms with van der Waals surface area (Å²) in [7, 11) is 1.65. The number of nitrogens with one attached hydrogen (secondary N) is 1. The average molecular weight is 264 g/mol. The fourth-order valence-electron chi connectivity index (χ4n) is 1.54. The van der Waals surface area contributed by atoms with Crippen LogP contribution in [0, 0.1) is 0 Å². The number of ether oxygens (including phenoxy) is 1. The molecule has 0 unspecified atom stereocenters. The lowest BCUT2D eigenvalue weighted by molar-refractivity contribution is 0.414.